The van der Waals surface area contributed by atoms with Gasteiger partial charge in [-0.25, -0.2) is 8.42 Å². The molecular formula is C17H20BrClN2O4S. The summed E-state index contributed by atoms with van der Waals surface area (Å²) in [6, 6.07) is 4.37. The van der Waals surface area contributed by atoms with Gasteiger partial charge in [0.25, 0.3) is 5.91 Å². The first-order valence-corrected chi connectivity index (χ1v) is 10.6. The molecule has 0 fully saturated rings. The third-order valence-corrected chi connectivity index (χ3v) is 7.41. The predicted molar refractivity (Wildman–Crippen MR) is 105 cm³/mol. The van der Waals surface area contributed by atoms with Gasteiger partial charge in [-0.05, 0) is 48.0 Å². The Morgan fingerprint density at radius 3 is 2.35 bits per heavy atom. The normalized spacial score (nSPS) is 11.8. The summed E-state index contributed by atoms with van der Waals surface area (Å²) in [6.45, 7) is 7.58. The Morgan fingerprint density at radius 2 is 1.85 bits per heavy atom. The summed E-state index contributed by atoms with van der Waals surface area (Å²) < 4.78 is 32.8. The maximum Gasteiger partial charge on any atom is 0.260 e. The number of hydrogen-bond donors (Lipinski definition) is 1. The molecule has 2 rings (SSSR count). The minimum absolute atomic E-state index is 0.0418. The first-order valence-electron chi connectivity index (χ1n) is 8.00. The Kier molecular flexibility index (Phi) is 6.55. The first kappa shape index (κ1) is 21.0. The number of amides is 1. The second-order valence-corrected chi connectivity index (χ2v) is 8.70. The van der Waals surface area contributed by atoms with Crippen molar-refractivity contribution < 1.29 is 17.6 Å². The fraction of sp³-hybridized carbons (Fsp3) is 0.353. The van der Waals surface area contributed by atoms with Crippen LogP contribution in [0.4, 0.5) is 5.69 Å². The molecule has 0 saturated heterocycles. The van der Waals surface area contributed by atoms with E-state index in [2.05, 4.69) is 21.2 Å². The van der Waals surface area contributed by atoms with E-state index in [-0.39, 0.29) is 9.92 Å². The van der Waals surface area contributed by atoms with Crippen molar-refractivity contribution in [2.24, 2.45) is 0 Å². The minimum Gasteiger partial charge on any atom is -0.465 e. The number of aryl methyl sites for hydroxylation is 2. The van der Waals surface area contributed by atoms with Gasteiger partial charge in [-0.3, -0.25) is 4.79 Å². The molecule has 142 valence electrons. The van der Waals surface area contributed by atoms with Gasteiger partial charge in [0.15, 0.2) is 0 Å². The molecule has 1 aromatic carbocycles. The third-order valence-electron chi connectivity index (χ3n) is 3.93. The lowest BCUT2D eigenvalue weighted by atomic mass is 10.2. The van der Waals surface area contributed by atoms with Gasteiger partial charge in [-0.2, -0.15) is 4.31 Å². The largest absolute Gasteiger partial charge is 0.465 e. The van der Waals surface area contributed by atoms with Crippen molar-refractivity contribution in [2.75, 3.05) is 18.4 Å². The van der Waals surface area contributed by atoms with E-state index in [4.69, 9.17) is 16.0 Å². The number of furan rings is 1. The summed E-state index contributed by atoms with van der Waals surface area (Å²) in [5.74, 6) is 0.658. The van der Waals surface area contributed by atoms with Gasteiger partial charge < -0.3 is 9.73 Å². The van der Waals surface area contributed by atoms with E-state index in [9.17, 15) is 13.2 Å². The van der Waals surface area contributed by atoms with Crippen molar-refractivity contribution in [2.45, 2.75) is 32.6 Å². The molecule has 0 aliphatic rings. The summed E-state index contributed by atoms with van der Waals surface area (Å²) in [4.78, 5) is 12.5. The van der Waals surface area contributed by atoms with Crippen molar-refractivity contribution in [1.82, 2.24) is 4.31 Å². The lowest BCUT2D eigenvalue weighted by Crippen LogP contribution is -2.30. The van der Waals surface area contributed by atoms with E-state index in [1.807, 2.05) is 0 Å². The van der Waals surface area contributed by atoms with E-state index < -0.39 is 15.9 Å². The van der Waals surface area contributed by atoms with Crippen LogP contribution in [0.25, 0.3) is 0 Å². The number of hydrogen-bond acceptors (Lipinski definition) is 4. The topological polar surface area (TPSA) is 79.6 Å². The van der Waals surface area contributed by atoms with Gasteiger partial charge >= 0.3 is 0 Å². The van der Waals surface area contributed by atoms with Crippen LogP contribution in [0.2, 0.25) is 5.02 Å². The number of benzene rings is 1. The molecule has 26 heavy (non-hydrogen) atoms. The van der Waals surface area contributed by atoms with Crippen molar-refractivity contribution in [3.8, 4) is 0 Å². The lowest BCUT2D eigenvalue weighted by Gasteiger charge is -2.19. The molecular weight excluding hydrogens is 444 g/mol. The van der Waals surface area contributed by atoms with E-state index in [1.165, 1.54) is 16.4 Å². The molecule has 0 saturated carbocycles. The quantitative estimate of drug-likeness (QED) is 0.679. The average molecular weight is 464 g/mol. The number of nitrogens with zero attached hydrogens (tertiary/aromatic N) is 1. The Balaban J connectivity index is 2.40. The van der Waals surface area contributed by atoms with Crippen LogP contribution in [0, 0.1) is 13.8 Å². The highest BCUT2D eigenvalue weighted by Crippen LogP contribution is 2.30. The summed E-state index contributed by atoms with van der Waals surface area (Å²) in [5.41, 5.74) is 0.695. The first-order chi connectivity index (χ1) is 12.1. The Morgan fingerprint density at radius 1 is 1.23 bits per heavy atom. The molecule has 0 unspecified atom stereocenters. The van der Waals surface area contributed by atoms with Gasteiger partial charge in [-0.1, -0.05) is 25.4 Å². The second kappa shape index (κ2) is 8.12. The number of carbonyl (C=O) groups is 1. The van der Waals surface area contributed by atoms with Crippen molar-refractivity contribution in [3.63, 3.8) is 0 Å². The molecule has 1 amide bonds. The molecule has 0 aliphatic heterocycles. The van der Waals surface area contributed by atoms with Crippen molar-refractivity contribution in [1.29, 1.82) is 0 Å². The van der Waals surface area contributed by atoms with E-state index in [1.54, 1.807) is 33.8 Å². The van der Waals surface area contributed by atoms with Crippen molar-refractivity contribution in [3.05, 3.63) is 44.8 Å². The molecule has 1 heterocycles. The Bertz CT molecular complexity index is 936. The Labute approximate surface area is 166 Å². The summed E-state index contributed by atoms with van der Waals surface area (Å²) in [6.07, 6.45) is 0. The van der Waals surface area contributed by atoms with Crippen LogP contribution in [0.1, 0.15) is 35.7 Å². The van der Waals surface area contributed by atoms with E-state index in [0.717, 1.165) is 0 Å². The van der Waals surface area contributed by atoms with Crippen LogP contribution in [0.3, 0.4) is 0 Å². The fourth-order valence-electron chi connectivity index (χ4n) is 2.59. The highest BCUT2D eigenvalue weighted by Gasteiger charge is 2.26. The second-order valence-electron chi connectivity index (χ2n) is 5.59. The lowest BCUT2D eigenvalue weighted by molar-refractivity contribution is 0.102. The standard InChI is InChI=1S/C17H20BrClN2O4S/c1-5-21(6-2)26(23,24)14-9-12(7-8-13(14)19)20-17(22)15-10(3)25-11(4)16(15)18/h7-9H,5-6H2,1-4H3,(H,20,22). The van der Waals surface area contributed by atoms with Gasteiger partial charge in [0, 0.05) is 18.8 Å². The van der Waals surface area contributed by atoms with Gasteiger partial charge in [0.2, 0.25) is 10.0 Å². The van der Waals surface area contributed by atoms with E-state index >= 15 is 0 Å². The van der Waals surface area contributed by atoms with Gasteiger partial charge in [0.05, 0.1) is 15.1 Å². The minimum atomic E-state index is -3.74. The fourth-order valence-corrected chi connectivity index (χ4v) is 5.09. The molecule has 0 spiro atoms. The molecule has 0 bridgehead atoms. The number of anilines is 1. The molecule has 0 aliphatic carbocycles. The highest BCUT2D eigenvalue weighted by atomic mass is 79.9. The highest BCUT2D eigenvalue weighted by molar-refractivity contribution is 9.10. The van der Waals surface area contributed by atoms with Crippen molar-refractivity contribution >= 4 is 49.1 Å². The molecule has 0 atom stereocenters. The van der Waals surface area contributed by atoms with Crippen LogP contribution in [-0.2, 0) is 10.0 Å². The summed E-state index contributed by atoms with van der Waals surface area (Å²) in [5, 5.41) is 2.80. The zero-order valence-electron chi connectivity index (χ0n) is 14.9. The maximum atomic E-state index is 12.7. The number of nitrogens with one attached hydrogen (secondary N) is 1. The van der Waals surface area contributed by atoms with Gasteiger partial charge in [-0.15, -0.1) is 0 Å². The molecule has 0 radical (unpaired) electrons. The Hall–Kier alpha value is -1.35. The number of sulfonamides is 1. The number of halogens is 2. The summed E-state index contributed by atoms with van der Waals surface area (Å²) >= 11 is 9.44. The zero-order chi connectivity index (χ0) is 19.6. The van der Waals surface area contributed by atoms with Crippen LogP contribution in [0.15, 0.2) is 32.0 Å². The molecule has 6 nitrogen and oxygen atoms in total. The van der Waals surface area contributed by atoms with Gasteiger partial charge in [0.1, 0.15) is 16.4 Å². The number of carbonyl (C=O) groups excluding carboxylic acids is 1. The monoisotopic (exact) mass is 462 g/mol. The molecule has 9 heteroatoms. The van der Waals surface area contributed by atoms with Crippen LogP contribution < -0.4 is 5.32 Å². The SMILES string of the molecule is CCN(CC)S(=O)(=O)c1cc(NC(=O)c2c(C)oc(C)c2Br)ccc1Cl. The smallest absolute Gasteiger partial charge is 0.260 e. The zero-order valence-corrected chi connectivity index (χ0v) is 18.0. The molecule has 1 N–H and O–H groups in total. The third kappa shape index (κ3) is 3.98. The maximum absolute atomic E-state index is 12.7. The van der Waals surface area contributed by atoms with E-state index in [0.29, 0.717) is 40.3 Å². The van der Waals surface area contributed by atoms with Crippen LogP contribution in [0.5, 0.6) is 0 Å². The van der Waals surface area contributed by atoms with Crippen LogP contribution >= 0.6 is 27.5 Å². The number of rotatable bonds is 6. The average Bonchev–Trinajstić information content (AvgIpc) is 2.82. The van der Waals surface area contributed by atoms with Crippen LogP contribution in [-0.4, -0.2) is 31.7 Å². The summed E-state index contributed by atoms with van der Waals surface area (Å²) in [7, 11) is -3.74. The predicted octanol–water partition coefficient (Wildman–Crippen LogP) is 4.60. The molecule has 2 aromatic rings. The molecule has 1 aromatic heterocycles.